The Bertz CT molecular complexity index is 477. The molecule has 0 saturated carbocycles. The maximum atomic E-state index is 12.5. The second-order valence-electron chi connectivity index (χ2n) is 13.4. The van der Waals surface area contributed by atoms with Gasteiger partial charge in [-0.25, -0.2) is 0 Å². The minimum atomic E-state index is 0.166. The van der Waals surface area contributed by atoms with Crippen LogP contribution < -0.4 is 11.3 Å². The van der Waals surface area contributed by atoms with Crippen molar-refractivity contribution in [2.45, 2.75) is 219 Å². The van der Waals surface area contributed by atoms with Crippen LogP contribution in [0.1, 0.15) is 219 Å². The number of nitrogens with one attached hydrogen (secondary N) is 1. The molecule has 0 aromatic heterocycles. The van der Waals surface area contributed by atoms with Gasteiger partial charge < -0.3 is 4.90 Å². The highest BCUT2D eigenvalue weighted by molar-refractivity contribution is 5.78. The summed E-state index contributed by atoms with van der Waals surface area (Å²) in [6.07, 6.45) is 44.3. The van der Waals surface area contributed by atoms with Crippen LogP contribution in [0, 0.1) is 0 Å². The molecule has 0 aromatic rings. The lowest BCUT2D eigenvalue weighted by Crippen LogP contribution is -2.41. The average molecular weight is 594 g/mol. The predicted octanol–water partition coefficient (Wildman–Crippen LogP) is 11.8. The van der Waals surface area contributed by atoms with E-state index in [0.29, 0.717) is 0 Å². The molecule has 252 valence electrons. The number of nitrogens with two attached hydrogens (primary N) is 1. The monoisotopic (exact) mass is 594 g/mol. The molecule has 0 radical (unpaired) electrons. The number of carbonyl (C=O) groups is 1. The largest absolute Gasteiger partial charge is 0.342 e. The third kappa shape index (κ3) is 32.3. The molecule has 4 heteroatoms. The lowest BCUT2D eigenvalue weighted by molar-refractivity contribution is -0.130. The van der Waals surface area contributed by atoms with Crippen LogP contribution in [0.4, 0.5) is 0 Å². The molecule has 1 amide bonds. The number of carbonyl (C=O) groups excluding carboxylic acids is 1. The number of rotatable bonds is 36. The highest BCUT2D eigenvalue weighted by atomic mass is 16.2. The second-order valence-corrected chi connectivity index (χ2v) is 13.4. The van der Waals surface area contributed by atoms with Gasteiger partial charge in [0, 0.05) is 13.1 Å². The van der Waals surface area contributed by atoms with E-state index in [4.69, 9.17) is 5.84 Å². The topological polar surface area (TPSA) is 58.4 Å². The van der Waals surface area contributed by atoms with Gasteiger partial charge in [-0.3, -0.25) is 16.1 Å². The SMILES string of the molecule is CCCCCCCCCCCCCCCCCCN(CCCCCCCCCCCCCCCCCC)C(=O)CNN. The Morgan fingerprint density at radius 1 is 0.405 bits per heavy atom. The van der Waals surface area contributed by atoms with Gasteiger partial charge in [-0.2, -0.15) is 0 Å². The van der Waals surface area contributed by atoms with E-state index in [1.165, 1.54) is 193 Å². The van der Waals surface area contributed by atoms with Crippen LogP contribution in [0.5, 0.6) is 0 Å². The van der Waals surface area contributed by atoms with Crippen LogP contribution >= 0.6 is 0 Å². The van der Waals surface area contributed by atoms with Gasteiger partial charge >= 0.3 is 0 Å². The molecule has 0 aliphatic heterocycles. The Balaban J connectivity index is 3.57. The van der Waals surface area contributed by atoms with Crippen LogP contribution in [0.15, 0.2) is 0 Å². The lowest BCUT2D eigenvalue weighted by Gasteiger charge is -2.22. The lowest BCUT2D eigenvalue weighted by atomic mass is 10.0. The zero-order valence-corrected chi connectivity index (χ0v) is 29.2. The Morgan fingerprint density at radius 3 is 0.833 bits per heavy atom. The van der Waals surface area contributed by atoms with Crippen molar-refractivity contribution in [3.8, 4) is 0 Å². The molecule has 0 spiro atoms. The number of hydrogen-bond acceptors (Lipinski definition) is 3. The van der Waals surface area contributed by atoms with Gasteiger partial charge in [0.2, 0.25) is 5.91 Å². The fraction of sp³-hybridized carbons (Fsp3) is 0.974. The predicted molar refractivity (Wildman–Crippen MR) is 188 cm³/mol. The summed E-state index contributed by atoms with van der Waals surface area (Å²) in [5.41, 5.74) is 2.57. The quantitative estimate of drug-likeness (QED) is 0.0431. The zero-order valence-electron chi connectivity index (χ0n) is 29.2. The van der Waals surface area contributed by atoms with Crippen LogP contribution in [0.25, 0.3) is 0 Å². The highest BCUT2D eigenvalue weighted by Crippen LogP contribution is 2.16. The molecule has 0 unspecified atom stereocenters. The molecule has 3 N–H and O–H groups in total. The number of unbranched alkanes of at least 4 members (excludes halogenated alkanes) is 30. The molecular weight excluding hydrogens is 514 g/mol. The number of nitrogens with zero attached hydrogens (tertiary/aromatic N) is 1. The molecule has 4 nitrogen and oxygen atoms in total. The Hall–Kier alpha value is -0.610. The van der Waals surface area contributed by atoms with E-state index >= 15 is 0 Å². The van der Waals surface area contributed by atoms with E-state index in [2.05, 4.69) is 24.2 Å². The first-order valence-electron chi connectivity index (χ1n) is 19.5. The van der Waals surface area contributed by atoms with Gasteiger partial charge in [-0.05, 0) is 12.8 Å². The maximum Gasteiger partial charge on any atom is 0.237 e. The summed E-state index contributed by atoms with van der Waals surface area (Å²) in [4.78, 5) is 14.6. The van der Waals surface area contributed by atoms with Crippen LogP contribution in [0.3, 0.4) is 0 Å². The summed E-state index contributed by atoms with van der Waals surface area (Å²) >= 11 is 0. The van der Waals surface area contributed by atoms with Crippen LogP contribution in [0.2, 0.25) is 0 Å². The molecule has 0 rings (SSSR count). The standard InChI is InChI=1S/C38H79N3O/c1-3-5-7-9-11-13-15-17-19-21-23-25-27-29-31-33-35-41(38(42)37-40-39)36-34-32-30-28-26-24-22-20-18-16-14-12-10-8-6-4-2/h40H,3-37,39H2,1-2H3. The molecule has 0 bridgehead atoms. The van der Waals surface area contributed by atoms with Gasteiger partial charge in [0.15, 0.2) is 0 Å². The fourth-order valence-corrected chi connectivity index (χ4v) is 6.26. The molecular formula is C38H79N3O. The van der Waals surface area contributed by atoms with E-state index in [9.17, 15) is 4.79 Å². The third-order valence-electron chi connectivity index (χ3n) is 9.17. The van der Waals surface area contributed by atoms with Crippen molar-refractivity contribution >= 4 is 5.91 Å². The fourth-order valence-electron chi connectivity index (χ4n) is 6.26. The van der Waals surface area contributed by atoms with Crippen molar-refractivity contribution in [2.75, 3.05) is 19.6 Å². The van der Waals surface area contributed by atoms with Crippen molar-refractivity contribution in [1.29, 1.82) is 0 Å². The average Bonchev–Trinajstić information content (AvgIpc) is 2.99. The number of hydrazine groups is 1. The summed E-state index contributed by atoms with van der Waals surface area (Å²) in [5.74, 6) is 5.62. The minimum Gasteiger partial charge on any atom is -0.342 e. The Morgan fingerprint density at radius 2 is 0.619 bits per heavy atom. The van der Waals surface area contributed by atoms with E-state index < -0.39 is 0 Å². The molecule has 0 saturated heterocycles. The molecule has 0 atom stereocenters. The van der Waals surface area contributed by atoms with E-state index in [1.54, 1.807) is 0 Å². The zero-order chi connectivity index (χ0) is 30.6. The molecule has 0 aliphatic rings. The summed E-state index contributed by atoms with van der Waals surface area (Å²) in [5, 5.41) is 0. The van der Waals surface area contributed by atoms with Crippen LogP contribution in [-0.4, -0.2) is 30.4 Å². The van der Waals surface area contributed by atoms with E-state index in [0.717, 1.165) is 25.9 Å². The third-order valence-corrected chi connectivity index (χ3v) is 9.17. The summed E-state index contributed by atoms with van der Waals surface area (Å²) in [7, 11) is 0. The normalized spacial score (nSPS) is 11.4. The maximum absolute atomic E-state index is 12.5. The van der Waals surface area contributed by atoms with Crippen molar-refractivity contribution in [1.82, 2.24) is 10.3 Å². The van der Waals surface area contributed by atoms with Crippen LogP contribution in [-0.2, 0) is 4.79 Å². The highest BCUT2D eigenvalue weighted by Gasteiger charge is 2.12. The van der Waals surface area contributed by atoms with E-state index in [1.807, 2.05) is 0 Å². The number of amides is 1. The summed E-state index contributed by atoms with van der Waals surface area (Å²) < 4.78 is 0. The molecule has 0 fully saturated rings. The molecule has 0 heterocycles. The summed E-state index contributed by atoms with van der Waals surface area (Å²) in [6, 6.07) is 0. The van der Waals surface area contributed by atoms with Crippen molar-refractivity contribution in [3.05, 3.63) is 0 Å². The van der Waals surface area contributed by atoms with Gasteiger partial charge in [0.05, 0.1) is 6.54 Å². The molecule has 0 aliphatic carbocycles. The smallest absolute Gasteiger partial charge is 0.237 e. The molecule has 42 heavy (non-hydrogen) atoms. The van der Waals surface area contributed by atoms with Crippen molar-refractivity contribution in [3.63, 3.8) is 0 Å². The van der Waals surface area contributed by atoms with Crippen molar-refractivity contribution < 1.29 is 4.79 Å². The first-order chi connectivity index (χ1) is 20.8. The first-order valence-corrected chi connectivity index (χ1v) is 19.5. The minimum absolute atomic E-state index is 0.166. The van der Waals surface area contributed by atoms with Gasteiger partial charge in [0.1, 0.15) is 0 Å². The van der Waals surface area contributed by atoms with E-state index in [-0.39, 0.29) is 12.5 Å². The van der Waals surface area contributed by atoms with Gasteiger partial charge in [-0.1, -0.05) is 206 Å². The van der Waals surface area contributed by atoms with Gasteiger partial charge in [0.25, 0.3) is 0 Å². The molecule has 0 aromatic carbocycles. The Labute approximate surface area is 265 Å². The second kappa shape index (κ2) is 36.6. The van der Waals surface area contributed by atoms with Gasteiger partial charge in [-0.15, -0.1) is 0 Å². The Kier molecular flexibility index (Phi) is 36.0. The van der Waals surface area contributed by atoms with Crippen molar-refractivity contribution in [2.24, 2.45) is 5.84 Å². The summed E-state index contributed by atoms with van der Waals surface area (Å²) in [6.45, 7) is 6.65. The first kappa shape index (κ1) is 41.4. The number of hydrogen-bond donors (Lipinski definition) is 2.